The topological polar surface area (TPSA) is 58.1 Å². The minimum Gasteiger partial charge on any atom is -0.493 e. The maximum Gasteiger partial charge on any atom is 0.191 e. The van der Waals surface area contributed by atoms with Crippen LogP contribution < -0.4 is 15.4 Å². The van der Waals surface area contributed by atoms with E-state index in [4.69, 9.17) is 14.5 Å². The number of hydrogen-bond acceptors (Lipinski definition) is 4. The highest BCUT2D eigenvalue weighted by atomic mass is 127. The van der Waals surface area contributed by atoms with Crippen LogP contribution in [0.4, 0.5) is 0 Å². The van der Waals surface area contributed by atoms with Crippen molar-refractivity contribution in [2.24, 2.45) is 4.99 Å². The minimum atomic E-state index is 0. The zero-order valence-electron chi connectivity index (χ0n) is 20.0. The third kappa shape index (κ3) is 10.3. The molecule has 0 aliphatic carbocycles. The highest BCUT2D eigenvalue weighted by molar-refractivity contribution is 14.0. The first-order valence-electron chi connectivity index (χ1n) is 11.8. The zero-order chi connectivity index (χ0) is 22.4. The van der Waals surface area contributed by atoms with Crippen LogP contribution in [0.25, 0.3) is 0 Å². The second-order valence-electron chi connectivity index (χ2n) is 8.19. The Hall–Kier alpha value is -1.84. The van der Waals surface area contributed by atoms with E-state index in [1.165, 1.54) is 37.1 Å². The number of ether oxygens (including phenoxy) is 2. The largest absolute Gasteiger partial charge is 0.493 e. The molecular formula is C26H39IN4O2. The molecule has 1 aliphatic heterocycles. The zero-order valence-corrected chi connectivity index (χ0v) is 22.3. The first kappa shape index (κ1) is 27.4. The predicted octanol–water partition coefficient (Wildman–Crippen LogP) is 4.57. The predicted molar refractivity (Wildman–Crippen MR) is 146 cm³/mol. The Morgan fingerprint density at radius 2 is 1.73 bits per heavy atom. The average Bonchev–Trinajstić information content (AvgIpc) is 3.33. The van der Waals surface area contributed by atoms with Crippen molar-refractivity contribution in [1.29, 1.82) is 0 Å². The second kappa shape index (κ2) is 15.9. The van der Waals surface area contributed by atoms with Gasteiger partial charge in [-0.3, -0.25) is 4.90 Å². The second-order valence-corrected chi connectivity index (χ2v) is 8.19. The number of nitrogens with zero attached hydrogens (tertiary/aromatic N) is 2. The summed E-state index contributed by atoms with van der Waals surface area (Å²) >= 11 is 0. The van der Waals surface area contributed by atoms with Gasteiger partial charge in [-0.1, -0.05) is 36.4 Å². The van der Waals surface area contributed by atoms with Crippen LogP contribution in [-0.4, -0.2) is 50.8 Å². The van der Waals surface area contributed by atoms with Crippen LogP contribution in [0.5, 0.6) is 5.75 Å². The fraction of sp³-hybridized carbons (Fsp3) is 0.500. The Morgan fingerprint density at radius 3 is 2.45 bits per heavy atom. The van der Waals surface area contributed by atoms with E-state index in [-0.39, 0.29) is 24.0 Å². The van der Waals surface area contributed by atoms with Crippen molar-refractivity contribution in [2.45, 2.75) is 45.8 Å². The standard InChI is InChI=1S/C26H38N4O2.HI/c1-3-27-26(29-20-24-8-6-9-25(18-24)32-17-7-16-31-2)28-19-22-10-12-23(13-11-22)21-30-14-4-5-15-30;/h6,8-13,18H,3-5,7,14-17,19-21H2,1-2H3,(H2,27,28,29);1H. The fourth-order valence-electron chi connectivity index (χ4n) is 3.79. The van der Waals surface area contributed by atoms with Crippen molar-refractivity contribution in [3.05, 3.63) is 65.2 Å². The van der Waals surface area contributed by atoms with Crippen molar-refractivity contribution < 1.29 is 9.47 Å². The molecule has 0 unspecified atom stereocenters. The lowest BCUT2D eigenvalue weighted by atomic mass is 10.1. The Labute approximate surface area is 216 Å². The molecule has 0 spiro atoms. The van der Waals surface area contributed by atoms with Gasteiger partial charge in [0, 0.05) is 39.8 Å². The molecule has 0 saturated carbocycles. The van der Waals surface area contributed by atoms with Crippen LogP contribution in [0, 0.1) is 0 Å². The third-order valence-electron chi connectivity index (χ3n) is 5.51. The van der Waals surface area contributed by atoms with Crippen LogP contribution in [-0.2, 0) is 24.4 Å². The highest BCUT2D eigenvalue weighted by Crippen LogP contribution is 2.15. The van der Waals surface area contributed by atoms with E-state index < -0.39 is 0 Å². The Kier molecular flexibility index (Phi) is 13.2. The number of benzene rings is 2. The summed E-state index contributed by atoms with van der Waals surface area (Å²) in [6, 6.07) is 17.1. The lowest BCUT2D eigenvalue weighted by molar-refractivity contribution is 0.172. The van der Waals surface area contributed by atoms with Crippen molar-refractivity contribution in [3.63, 3.8) is 0 Å². The molecule has 6 nitrogen and oxygen atoms in total. The van der Waals surface area contributed by atoms with E-state index in [2.05, 4.69) is 58.9 Å². The molecule has 2 N–H and O–H groups in total. The molecule has 1 heterocycles. The van der Waals surface area contributed by atoms with E-state index in [9.17, 15) is 0 Å². The lowest BCUT2D eigenvalue weighted by Gasteiger charge is -2.15. The first-order valence-corrected chi connectivity index (χ1v) is 11.8. The third-order valence-corrected chi connectivity index (χ3v) is 5.51. The van der Waals surface area contributed by atoms with Gasteiger partial charge in [0.15, 0.2) is 5.96 Å². The lowest BCUT2D eigenvalue weighted by Crippen LogP contribution is -2.36. The van der Waals surface area contributed by atoms with Crippen molar-refractivity contribution in [2.75, 3.05) is 40.0 Å². The number of methoxy groups -OCH3 is 1. The quantitative estimate of drug-likeness (QED) is 0.171. The van der Waals surface area contributed by atoms with E-state index in [0.717, 1.165) is 43.3 Å². The van der Waals surface area contributed by atoms with Gasteiger partial charge in [0.25, 0.3) is 0 Å². The van der Waals surface area contributed by atoms with Crippen LogP contribution in [0.3, 0.4) is 0 Å². The summed E-state index contributed by atoms with van der Waals surface area (Å²) in [7, 11) is 1.71. The maximum atomic E-state index is 5.80. The normalized spacial score (nSPS) is 14.1. The molecule has 0 bridgehead atoms. The highest BCUT2D eigenvalue weighted by Gasteiger charge is 2.11. The Bertz CT molecular complexity index is 823. The molecular weight excluding hydrogens is 527 g/mol. The number of nitrogens with one attached hydrogen (secondary N) is 2. The molecule has 33 heavy (non-hydrogen) atoms. The molecule has 182 valence electrons. The molecule has 1 fully saturated rings. The molecule has 7 heteroatoms. The Balaban J connectivity index is 0.00000385. The number of aliphatic imine (C=N–C) groups is 1. The number of halogens is 1. The average molecular weight is 567 g/mol. The van der Waals surface area contributed by atoms with E-state index in [1.54, 1.807) is 7.11 Å². The molecule has 1 saturated heterocycles. The van der Waals surface area contributed by atoms with Crippen molar-refractivity contribution >= 4 is 29.9 Å². The molecule has 0 amide bonds. The van der Waals surface area contributed by atoms with Crippen LogP contribution in [0.2, 0.25) is 0 Å². The molecule has 3 rings (SSSR count). The molecule has 2 aromatic carbocycles. The van der Waals surface area contributed by atoms with Gasteiger partial charge in [-0.05, 0) is 61.7 Å². The molecule has 0 atom stereocenters. The summed E-state index contributed by atoms with van der Waals surface area (Å²) in [4.78, 5) is 7.28. The summed E-state index contributed by atoms with van der Waals surface area (Å²) < 4.78 is 10.9. The monoisotopic (exact) mass is 566 g/mol. The van der Waals surface area contributed by atoms with Crippen LogP contribution in [0.15, 0.2) is 53.5 Å². The summed E-state index contributed by atoms with van der Waals surface area (Å²) in [6.45, 7) is 9.14. The van der Waals surface area contributed by atoms with Crippen LogP contribution >= 0.6 is 24.0 Å². The number of guanidine groups is 1. The molecule has 0 aromatic heterocycles. The SMILES string of the molecule is CCNC(=NCc1cccc(OCCCOC)c1)NCc1ccc(CN2CCCC2)cc1.I. The van der Waals surface area contributed by atoms with Gasteiger partial charge in [-0.2, -0.15) is 0 Å². The summed E-state index contributed by atoms with van der Waals surface area (Å²) in [5.74, 6) is 1.70. The number of likely N-dealkylation sites (tertiary alicyclic amines) is 1. The van der Waals surface area contributed by atoms with Gasteiger partial charge in [0.1, 0.15) is 5.75 Å². The first-order chi connectivity index (χ1) is 15.8. The van der Waals surface area contributed by atoms with Gasteiger partial charge in [-0.15, -0.1) is 24.0 Å². The summed E-state index contributed by atoms with van der Waals surface area (Å²) in [5, 5.41) is 6.78. The summed E-state index contributed by atoms with van der Waals surface area (Å²) in [6.07, 6.45) is 3.55. The number of rotatable bonds is 12. The van der Waals surface area contributed by atoms with Crippen LogP contribution in [0.1, 0.15) is 42.9 Å². The van der Waals surface area contributed by atoms with Crippen molar-refractivity contribution in [1.82, 2.24) is 15.5 Å². The fourth-order valence-corrected chi connectivity index (χ4v) is 3.79. The smallest absolute Gasteiger partial charge is 0.191 e. The molecule has 2 aromatic rings. The van der Waals surface area contributed by atoms with E-state index in [1.807, 2.05) is 12.1 Å². The molecule has 0 radical (unpaired) electrons. The van der Waals surface area contributed by atoms with E-state index >= 15 is 0 Å². The van der Waals surface area contributed by atoms with Gasteiger partial charge < -0.3 is 20.1 Å². The van der Waals surface area contributed by atoms with Gasteiger partial charge in [-0.25, -0.2) is 4.99 Å². The Morgan fingerprint density at radius 1 is 0.970 bits per heavy atom. The maximum absolute atomic E-state index is 5.80. The molecule has 1 aliphatic rings. The van der Waals surface area contributed by atoms with Gasteiger partial charge in [0.2, 0.25) is 0 Å². The van der Waals surface area contributed by atoms with E-state index in [0.29, 0.717) is 19.8 Å². The number of hydrogen-bond donors (Lipinski definition) is 2. The van der Waals surface area contributed by atoms with Gasteiger partial charge >= 0.3 is 0 Å². The minimum absolute atomic E-state index is 0. The van der Waals surface area contributed by atoms with Gasteiger partial charge in [0.05, 0.1) is 13.2 Å². The van der Waals surface area contributed by atoms with Crippen molar-refractivity contribution in [3.8, 4) is 5.75 Å². The summed E-state index contributed by atoms with van der Waals surface area (Å²) in [5.41, 5.74) is 3.77.